The Balaban J connectivity index is 1.37. The summed E-state index contributed by atoms with van der Waals surface area (Å²) in [4.78, 5) is 27.1. The van der Waals surface area contributed by atoms with Crippen LogP contribution in [0.2, 0.25) is 0 Å². The lowest BCUT2D eigenvalue weighted by Gasteiger charge is -2.32. The lowest BCUT2D eigenvalue weighted by Crippen LogP contribution is -2.39. The molecule has 1 saturated heterocycles. The van der Waals surface area contributed by atoms with Gasteiger partial charge in [0.15, 0.2) is 0 Å². The van der Waals surface area contributed by atoms with Crippen LogP contribution < -0.4 is 5.32 Å². The molecule has 0 spiro atoms. The Bertz CT molecular complexity index is 894. The van der Waals surface area contributed by atoms with Gasteiger partial charge in [0.2, 0.25) is 11.8 Å². The van der Waals surface area contributed by atoms with Gasteiger partial charge in [0.25, 0.3) is 0 Å². The van der Waals surface area contributed by atoms with Crippen LogP contribution in [-0.4, -0.2) is 40.0 Å². The molecule has 2 aromatic rings. The summed E-state index contributed by atoms with van der Waals surface area (Å²) in [6.07, 6.45) is 2.10. The number of fused-ring (bicyclic) bond motifs is 1. The van der Waals surface area contributed by atoms with E-state index in [1.165, 1.54) is 5.69 Å². The molecule has 2 aliphatic heterocycles. The van der Waals surface area contributed by atoms with Gasteiger partial charge in [0.1, 0.15) is 0 Å². The van der Waals surface area contributed by atoms with Crippen molar-refractivity contribution in [1.29, 1.82) is 0 Å². The monoisotopic (exact) mass is 380 g/mol. The van der Waals surface area contributed by atoms with E-state index in [4.69, 9.17) is 0 Å². The van der Waals surface area contributed by atoms with Crippen LogP contribution in [-0.2, 0) is 9.59 Å². The van der Waals surface area contributed by atoms with Crippen LogP contribution in [0.1, 0.15) is 73.4 Å². The molecule has 2 aliphatic rings. The maximum absolute atomic E-state index is 12.9. The van der Waals surface area contributed by atoms with Crippen LogP contribution in [0, 0.1) is 6.92 Å². The first-order valence-corrected chi connectivity index (χ1v) is 10.2. The Labute approximate surface area is 165 Å². The fourth-order valence-corrected chi connectivity index (χ4v) is 4.25. The highest BCUT2D eigenvalue weighted by atomic mass is 16.2. The number of hydrogen-bond donors (Lipinski definition) is 2. The third-order valence-corrected chi connectivity index (χ3v) is 6.03. The number of nitrogens with one attached hydrogen (secondary N) is 2. The summed E-state index contributed by atoms with van der Waals surface area (Å²) in [6, 6.07) is 8.08. The standard InChI is InChI=1S/C22H28N4O2/c1-13(2)19-12-20(25-24-19)15-6-8-26(9-7-15)21(27)11-17-16-10-14(3)4-5-18(16)23-22(17)28/h4-5,10,12-13,15,17H,6-9,11H2,1-3H3,(H,23,28)(H,24,25)/t17-/m0/s1. The first-order chi connectivity index (χ1) is 13.4. The van der Waals surface area contributed by atoms with Crippen LogP contribution in [0.5, 0.6) is 0 Å². The normalized spacial score (nSPS) is 19.8. The van der Waals surface area contributed by atoms with Gasteiger partial charge >= 0.3 is 0 Å². The zero-order valence-electron chi connectivity index (χ0n) is 16.8. The molecule has 4 rings (SSSR count). The highest BCUT2D eigenvalue weighted by Gasteiger charge is 2.34. The zero-order valence-corrected chi connectivity index (χ0v) is 16.8. The van der Waals surface area contributed by atoms with Crippen LogP contribution in [0.25, 0.3) is 0 Å². The Morgan fingerprint density at radius 2 is 2.00 bits per heavy atom. The summed E-state index contributed by atoms with van der Waals surface area (Å²) in [6.45, 7) is 7.75. The van der Waals surface area contributed by atoms with Gasteiger partial charge in [-0.1, -0.05) is 31.5 Å². The number of aromatic amines is 1. The summed E-state index contributed by atoms with van der Waals surface area (Å²) in [7, 11) is 0. The minimum atomic E-state index is -0.374. The van der Waals surface area contributed by atoms with E-state index in [2.05, 4.69) is 35.4 Å². The predicted octanol–water partition coefficient (Wildman–Crippen LogP) is 3.67. The molecule has 0 bridgehead atoms. The lowest BCUT2D eigenvalue weighted by molar-refractivity contribution is -0.134. The smallest absolute Gasteiger partial charge is 0.232 e. The van der Waals surface area contributed by atoms with Crippen LogP contribution in [0.3, 0.4) is 0 Å². The van der Waals surface area contributed by atoms with Crippen molar-refractivity contribution in [3.8, 4) is 0 Å². The zero-order chi connectivity index (χ0) is 19.8. The van der Waals surface area contributed by atoms with Gasteiger partial charge in [-0.05, 0) is 43.4 Å². The Hall–Kier alpha value is -2.63. The molecule has 1 atom stereocenters. The maximum atomic E-state index is 12.9. The van der Waals surface area contributed by atoms with Gasteiger partial charge in [0.05, 0.1) is 11.6 Å². The van der Waals surface area contributed by atoms with Crippen molar-refractivity contribution in [3.63, 3.8) is 0 Å². The molecule has 6 nitrogen and oxygen atoms in total. The number of hydrogen-bond acceptors (Lipinski definition) is 3. The average molecular weight is 380 g/mol. The number of amides is 2. The van der Waals surface area contributed by atoms with E-state index in [0.29, 0.717) is 11.8 Å². The molecule has 2 amide bonds. The molecule has 148 valence electrons. The van der Waals surface area contributed by atoms with Crippen molar-refractivity contribution in [2.24, 2.45) is 0 Å². The summed E-state index contributed by atoms with van der Waals surface area (Å²) in [5.41, 5.74) is 5.16. The van der Waals surface area contributed by atoms with Crippen molar-refractivity contribution in [2.75, 3.05) is 18.4 Å². The lowest BCUT2D eigenvalue weighted by atomic mass is 9.91. The highest BCUT2D eigenvalue weighted by molar-refractivity contribution is 6.05. The topological polar surface area (TPSA) is 78.1 Å². The summed E-state index contributed by atoms with van der Waals surface area (Å²) < 4.78 is 0. The number of aromatic nitrogens is 2. The Kier molecular flexibility index (Phi) is 4.96. The predicted molar refractivity (Wildman–Crippen MR) is 108 cm³/mol. The number of carbonyl (C=O) groups excluding carboxylic acids is 2. The van der Waals surface area contributed by atoms with Gasteiger partial charge in [-0.25, -0.2) is 0 Å². The average Bonchev–Trinajstić information content (AvgIpc) is 3.28. The minimum Gasteiger partial charge on any atom is -0.343 e. The van der Waals surface area contributed by atoms with E-state index in [1.807, 2.05) is 30.0 Å². The molecule has 0 radical (unpaired) electrons. The molecule has 1 aromatic heterocycles. The number of benzene rings is 1. The second kappa shape index (κ2) is 7.41. The van der Waals surface area contributed by atoms with E-state index in [0.717, 1.165) is 48.4 Å². The van der Waals surface area contributed by atoms with E-state index < -0.39 is 0 Å². The summed E-state index contributed by atoms with van der Waals surface area (Å²) >= 11 is 0. The number of rotatable bonds is 4. The molecule has 2 N–H and O–H groups in total. The number of piperidine rings is 1. The highest BCUT2D eigenvalue weighted by Crippen LogP contribution is 2.36. The number of nitrogens with zero attached hydrogens (tertiary/aromatic N) is 2. The summed E-state index contributed by atoms with van der Waals surface area (Å²) in [5, 5.41) is 10.5. The molecule has 0 aliphatic carbocycles. The van der Waals surface area contributed by atoms with E-state index in [9.17, 15) is 9.59 Å². The quantitative estimate of drug-likeness (QED) is 0.849. The Morgan fingerprint density at radius 3 is 2.68 bits per heavy atom. The molecule has 1 fully saturated rings. The number of anilines is 1. The van der Waals surface area contributed by atoms with E-state index in [1.54, 1.807) is 0 Å². The van der Waals surface area contributed by atoms with Gasteiger partial charge in [0, 0.05) is 36.8 Å². The van der Waals surface area contributed by atoms with Crippen molar-refractivity contribution in [1.82, 2.24) is 15.1 Å². The number of carbonyl (C=O) groups is 2. The van der Waals surface area contributed by atoms with Gasteiger partial charge in [-0.2, -0.15) is 5.10 Å². The third kappa shape index (κ3) is 3.55. The van der Waals surface area contributed by atoms with Crippen molar-refractivity contribution in [3.05, 3.63) is 46.8 Å². The summed E-state index contributed by atoms with van der Waals surface area (Å²) in [5.74, 6) is 0.460. The molecular formula is C22H28N4O2. The number of aryl methyl sites for hydroxylation is 1. The third-order valence-electron chi connectivity index (χ3n) is 6.03. The van der Waals surface area contributed by atoms with E-state index in [-0.39, 0.29) is 24.2 Å². The molecule has 0 saturated carbocycles. The fraction of sp³-hybridized carbons (Fsp3) is 0.500. The Morgan fingerprint density at radius 1 is 1.25 bits per heavy atom. The van der Waals surface area contributed by atoms with Crippen LogP contribution in [0.4, 0.5) is 5.69 Å². The van der Waals surface area contributed by atoms with Crippen LogP contribution >= 0.6 is 0 Å². The maximum Gasteiger partial charge on any atom is 0.232 e. The number of H-pyrrole nitrogens is 1. The van der Waals surface area contributed by atoms with Crippen molar-refractivity contribution in [2.45, 2.75) is 57.8 Å². The van der Waals surface area contributed by atoms with E-state index >= 15 is 0 Å². The minimum absolute atomic E-state index is 0.0671. The van der Waals surface area contributed by atoms with Gasteiger partial charge in [-0.15, -0.1) is 0 Å². The molecule has 6 heteroatoms. The number of likely N-dealkylation sites (tertiary alicyclic amines) is 1. The van der Waals surface area contributed by atoms with Crippen molar-refractivity contribution < 1.29 is 9.59 Å². The van der Waals surface area contributed by atoms with Gasteiger partial charge < -0.3 is 10.2 Å². The van der Waals surface area contributed by atoms with Crippen LogP contribution in [0.15, 0.2) is 24.3 Å². The van der Waals surface area contributed by atoms with Crippen molar-refractivity contribution >= 4 is 17.5 Å². The second-order valence-corrected chi connectivity index (χ2v) is 8.39. The second-order valence-electron chi connectivity index (χ2n) is 8.39. The molecule has 1 aromatic carbocycles. The molecule has 0 unspecified atom stereocenters. The SMILES string of the molecule is Cc1ccc2c(c1)[C@H](CC(=O)N1CCC(c3cc(C(C)C)n[nH]3)CC1)C(=O)N2. The molecule has 3 heterocycles. The molecule has 28 heavy (non-hydrogen) atoms. The first kappa shape index (κ1) is 18.7. The first-order valence-electron chi connectivity index (χ1n) is 10.2. The molecular weight excluding hydrogens is 352 g/mol. The fourth-order valence-electron chi connectivity index (χ4n) is 4.25. The largest absolute Gasteiger partial charge is 0.343 e. The van der Waals surface area contributed by atoms with Gasteiger partial charge in [-0.3, -0.25) is 14.7 Å².